The third kappa shape index (κ3) is 3.74. The minimum atomic E-state index is -0.268. The monoisotopic (exact) mass is 296 g/mol. The number of rotatable bonds is 5. The number of carbonyl (C=O) groups is 1. The molecule has 3 nitrogen and oxygen atoms in total. The van der Waals surface area contributed by atoms with Crippen molar-refractivity contribution in [3.63, 3.8) is 0 Å². The van der Waals surface area contributed by atoms with Crippen LogP contribution in [0.3, 0.4) is 0 Å². The molecule has 0 aromatic heterocycles. The molecule has 2 aromatic carbocycles. The first-order valence-corrected chi connectivity index (χ1v) is 7.51. The summed E-state index contributed by atoms with van der Waals surface area (Å²) >= 11 is 0. The van der Waals surface area contributed by atoms with Gasteiger partial charge in [0.1, 0.15) is 6.04 Å². The Labute approximate surface area is 133 Å². The van der Waals surface area contributed by atoms with Gasteiger partial charge in [0.15, 0.2) is 0 Å². The van der Waals surface area contributed by atoms with Crippen LogP contribution in [0.2, 0.25) is 0 Å². The summed E-state index contributed by atoms with van der Waals surface area (Å²) in [6, 6.07) is 18.0. The Morgan fingerprint density at radius 2 is 1.55 bits per heavy atom. The van der Waals surface area contributed by atoms with Crippen LogP contribution in [0.25, 0.3) is 0 Å². The van der Waals surface area contributed by atoms with Crippen molar-refractivity contribution in [2.75, 3.05) is 21.1 Å². The van der Waals surface area contributed by atoms with E-state index in [9.17, 15) is 4.79 Å². The number of benzene rings is 2. The lowest BCUT2D eigenvalue weighted by Gasteiger charge is -2.30. The zero-order chi connectivity index (χ0) is 16.1. The van der Waals surface area contributed by atoms with E-state index in [4.69, 9.17) is 0 Å². The summed E-state index contributed by atoms with van der Waals surface area (Å²) in [7, 11) is 5.62. The number of hydrogen-bond acceptors (Lipinski definition) is 2. The van der Waals surface area contributed by atoms with E-state index in [1.165, 1.54) is 11.1 Å². The Morgan fingerprint density at radius 3 is 2.14 bits per heavy atom. The first kappa shape index (κ1) is 16.2. The van der Waals surface area contributed by atoms with E-state index in [0.717, 1.165) is 12.1 Å². The molecule has 22 heavy (non-hydrogen) atoms. The highest BCUT2D eigenvalue weighted by molar-refractivity contribution is 5.82. The summed E-state index contributed by atoms with van der Waals surface area (Å²) in [5.74, 6) is 0.0993. The van der Waals surface area contributed by atoms with Gasteiger partial charge in [-0.25, -0.2) is 0 Å². The molecule has 2 aromatic rings. The van der Waals surface area contributed by atoms with E-state index < -0.39 is 0 Å². The summed E-state index contributed by atoms with van der Waals surface area (Å²) in [4.78, 5) is 16.4. The SMILES string of the molecule is Cc1ccccc1CN(C)C(C(=O)N(C)C)c1ccccc1. The molecule has 0 spiro atoms. The largest absolute Gasteiger partial charge is 0.347 e. The Hall–Kier alpha value is -2.13. The van der Waals surface area contributed by atoms with Gasteiger partial charge in [0, 0.05) is 20.6 Å². The van der Waals surface area contributed by atoms with Crippen LogP contribution in [0, 0.1) is 6.92 Å². The standard InChI is InChI=1S/C19H24N2O/c1-15-10-8-9-13-17(15)14-21(4)18(19(22)20(2)3)16-11-6-5-7-12-16/h5-13,18H,14H2,1-4H3. The Balaban J connectivity index is 2.29. The lowest BCUT2D eigenvalue weighted by atomic mass is 10.0. The van der Waals surface area contributed by atoms with E-state index >= 15 is 0 Å². The van der Waals surface area contributed by atoms with E-state index in [1.807, 2.05) is 49.5 Å². The molecule has 0 fully saturated rings. The topological polar surface area (TPSA) is 23.6 Å². The van der Waals surface area contributed by atoms with Crippen molar-refractivity contribution in [1.82, 2.24) is 9.80 Å². The number of nitrogens with zero attached hydrogens (tertiary/aromatic N) is 2. The molecule has 0 aliphatic heterocycles. The van der Waals surface area contributed by atoms with Crippen LogP contribution < -0.4 is 0 Å². The molecule has 1 amide bonds. The van der Waals surface area contributed by atoms with Gasteiger partial charge in [-0.3, -0.25) is 9.69 Å². The zero-order valence-corrected chi connectivity index (χ0v) is 13.8. The summed E-state index contributed by atoms with van der Waals surface area (Å²) in [5, 5.41) is 0. The molecule has 0 bridgehead atoms. The fraction of sp³-hybridized carbons (Fsp3) is 0.316. The predicted molar refractivity (Wildman–Crippen MR) is 90.5 cm³/mol. The molecule has 1 unspecified atom stereocenters. The molecule has 0 aliphatic rings. The average Bonchev–Trinajstić information content (AvgIpc) is 2.50. The van der Waals surface area contributed by atoms with Crippen molar-refractivity contribution in [3.8, 4) is 0 Å². The smallest absolute Gasteiger partial charge is 0.244 e. The number of amides is 1. The van der Waals surface area contributed by atoms with Crippen LogP contribution in [0.15, 0.2) is 54.6 Å². The molecule has 0 saturated carbocycles. The van der Waals surface area contributed by atoms with E-state index in [-0.39, 0.29) is 11.9 Å². The minimum absolute atomic E-state index is 0.0993. The van der Waals surface area contributed by atoms with Crippen molar-refractivity contribution in [3.05, 3.63) is 71.3 Å². The Kier molecular flexibility index (Phi) is 5.34. The highest BCUT2D eigenvalue weighted by Crippen LogP contribution is 2.23. The molecule has 116 valence electrons. The lowest BCUT2D eigenvalue weighted by Crippen LogP contribution is -2.38. The second kappa shape index (κ2) is 7.23. The number of aryl methyl sites for hydroxylation is 1. The van der Waals surface area contributed by atoms with Crippen molar-refractivity contribution in [2.45, 2.75) is 19.5 Å². The second-order valence-electron chi connectivity index (χ2n) is 5.89. The van der Waals surface area contributed by atoms with Gasteiger partial charge in [-0.2, -0.15) is 0 Å². The molecule has 0 radical (unpaired) electrons. The molecular weight excluding hydrogens is 272 g/mol. The maximum atomic E-state index is 12.6. The molecule has 3 heteroatoms. The van der Waals surface area contributed by atoms with Gasteiger partial charge in [-0.1, -0.05) is 54.6 Å². The van der Waals surface area contributed by atoms with Crippen molar-refractivity contribution >= 4 is 5.91 Å². The van der Waals surface area contributed by atoms with Gasteiger partial charge in [0.25, 0.3) is 0 Å². The Bertz CT molecular complexity index is 622. The minimum Gasteiger partial charge on any atom is -0.347 e. The average molecular weight is 296 g/mol. The van der Waals surface area contributed by atoms with Crippen LogP contribution in [-0.4, -0.2) is 36.9 Å². The van der Waals surface area contributed by atoms with Crippen LogP contribution in [0.5, 0.6) is 0 Å². The molecule has 0 N–H and O–H groups in total. The quantitative estimate of drug-likeness (QED) is 0.845. The maximum Gasteiger partial charge on any atom is 0.244 e. The third-order valence-corrected chi connectivity index (χ3v) is 3.91. The number of hydrogen-bond donors (Lipinski definition) is 0. The van der Waals surface area contributed by atoms with Crippen LogP contribution in [0.4, 0.5) is 0 Å². The molecule has 0 heterocycles. The van der Waals surface area contributed by atoms with Gasteiger partial charge in [0.2, 0.25) is 5.91 Å². The summed E-state index contributed by atoms with van der Waals surface area (Å²) < 4.78 is 0. The summed E-state index contributed by atoms with van der Waals surface area (Å²) in [6.07, 6.45) is 0. The summed E-state index contributed by atoms with van der Waals surface area (Å²) in [6.45, 7) is 2.85. The lowest BCUT2D eigenvalue weighted by molar-refractivity contribution is -0.134. The molecular formula is C19H24N2O. The van der Waals surface area contributed by atoms with Crippen molar-refractivity contribution in [1.29, 1.82) is 0 Å². The predicted octanol–water partition coefficient (Wildman–Crippen LogP) is 3.26. The second-order valence-corrected chi connectivity index (χ2v) is 5.89. The number of likely N-dealkylation sites (N-methyl/N-ethyl adjacent to an activating group) is 2. The first-order valence-electron chi connectivity index (χ1n) is 7.51. The fourth-order valence-electron chi connectivity index (χ4n) is 2.61. The number of carbonyl (C=O) groups excluding carboxylic acids is 1. The van der Waals surface area contributed by atoms with E-state index in [1.54, 1.807) is 19.0 Å². The molecule has 2 rings (SSSR count). The zero-order valence-electron chi connectivity index (χ0n) is 13.8. The van der Waals surface area contributed by atoms with Gasteiger partial charge >= 0.3 is 0 Å². The van der Waals surface area contributed by atoms with Gasteiger partial charge in [-0.05, 0) is 30.7 Å². The van der Waals surface area contributed by atoms with E-state index in [0.29, 0.717) is 0 Å². The normalized spacial score (nSPS) is 12.2. The fourth-order valence-corrected chi connectivity index (χ4v) is 2.61. The third-order valence-electron chi connectivity index (χ3n) is 3.91. The summed E-state index contributed by atoms with van der Waals surface area (Å²) in [5.41, 5.74) is 3.52. The molecule has 1 atom stereocenters. The van der Waals surface area contributed by atoms with Gasteiger partial charge < -0.3 is 4.90 Å². The Morgan fingerprint density at radius 1 is 0.955 bits per heavy atom. The van der Waals surface area contributed by atoms with Gasteiger partial charge in [-0.15, -0.1) is 0 Å². The maximum absolute atomic E-state index is 12.6. The van der Waals surface area contributed by atoms with Gasteiger partial charge in [0.05, 0.1) is 0 Å². The highest BCUT2D eigenvalue weighted by atomic mass is 16.2. The van der Waals surface area contributed by atoms with Crippen LogP contribution >= 0.6 is 0 Å². The van der Waals surface area contributed by atoms with Crippen LogP contribution in [-0.2, 0) is 11.3 Å². The highest BCUT2D eigenvalue weighted by Gasteiger charge is 2.26. The molecule has 0 aliphatic carbocycles. The molecule has 0 saturated heterocycles. The van der Waals surface area contributed by atoms with Crippen molar-refractivity contribution < 1.29 is 4.79 Å². The van der Waals surface area contributed by atoms with E-state index in [2.05, 4.69) is 24.0 Å². The van der Waals surface area contributed by atoms with Crippen molar-refractivity contribution in [2.24, 2.45) is 0 Å². The first-order chi connectivity index (χ1) is 10.5. The van der Waals surface area contributed by atoms with Crippen LogP contribution in [0.1, 0.15) is 22.7 Å².